The minimum atomic E-state index is -0.539. The topological polar surface area (TPSA) is 122 Å². The van der Waals surface area contributed by atoms with E-state index in [1.54, 1.807) is 0 Å². The molecule has 25 heavy (non-hydrogen) atoms. The van der Waals surface area contributed by atoms with Crippen molar-refractivity contribution in [3.8, 4) is 11.5 Å². The molecule has 0 fully saturated rings. The fourth-order valence-corrected chi connectivity index (χ4v) is 2.11. The second-order valence-electron chi connectivity index (χ2n) is 4.98. The van der Waals surface area contributed by atoms with Gasteiger partial charge in [-0.2, -0.15) is 0 Å². The number of methoxy groups -OCH3 is 1. The largest absolute Gasteiger partial charge is 0.469 e. The van der Waals surface area contributed by atoms with Crippen LogP contribution in [0.5, 0.6) is 11.5 Å². The van der Waals surface area contributed by atoms with Gasteiger partial charge >= 0.3 is 5.97 Å². The van der Waals surface area contributed by atoms with Gasteiger partial charge in [0.25, 0.3) is 11.4 Å². The van der Waals surface area contributed by atoms with E-state index in [1.165, 1.54) is 49.6 Å². The zero-order chi connectivity index (χ0) is 18.4. The average molecular weight is 346 g/mol. The van der Waals surface area contributed by atoms with Crippen LogP contribution in [-0.2, 0) is 16.0 Å². The molecule has 0 atom stereocenters. The van der Waals surface area contributed by atoms with E-state index in [0.717, 1.165) is 0 Å². The molecule has 9 nitrogen and oxygen atoms in total. The Morgan fingerprint density at radius 3 is 2.20 bits per heavy atom. The molecule has 0 bridgehead atoms. The highest BCUT2D eigenvalue weighted by molar-refractivity contribution is 5.69. The van der Waals surface area contributed by atoms with Gasteiger partial charge in [0.1, 0.15) is 11.5 Å². The van der Waals surface area contributed by atoms with Gasteiger partial charge in [-0.25, -0.2) is 0 Å². The summed E-state index contributed by atoms with van der Waals surface area (Å²) in [6.45, 7) is 0. The van der Waals surface area contributed by atoms with Gasteiger partial charge in [-0.15, -0.1) is 0 Å². The Balaban J connectivity index is 2.21. The SMILES string of the molecule is COC(=O)CCc1cc(Oc2ccc([N+](=O)[O-])cc2)ccc1[N+](=O)[O-]. The molecule has 0 unspecified atom stereocenters. The van der Waals surface area contributed by atoms with Crippen molar-refractivity contribution in [2.24, 2.45) is 0 Å². The van der Waals surface area contributed by atoms with Crippen LogP contribution in [0.1, 0.15) is 12.0 Å². The number of benzene rings is 2. The predicted octanol–water partition coefficient (Wildman–Crippen LogP) is 3.40. The number of ether oxygens (including phenoxy) is 2. The lowest BCUT2D eigenvalue weighted by molar-refractivity contribution is -0.385. The van der Waals surface area contributed by atoms with E-state index in [0.29, 0.717) is 17.1 Å². The molecule has 2 rings (SSSR count). The highest BCUT2D eigenvalue weighted by Crippen LogP contribution is 2.29. The molecule has 2 aromatic rings. The van der Waals surface area contributed by atoms with Crippen molar-refractivity contribution in [1.29, 1.82) is 0 Å². The molecule has 9 heteroatoms. The van der Waals surface area contributed by atoms with Crippen LogP contribution in [-0.4, -0.2) is 22.9 Å². The van der Waals surface area contributed by atoms with Crippen LogP contribution in [0.2, 0.25) is 0 Å². The number of rotatable bonds is 7. The number of nitro groups is 2. The summed E-state index contributed by atoms with van der Waals surface area (Å²) in [4.78, 5) is 31.9. The molecule has 0 aliphatic heterocycles. The first-order valence-corrected chi connectivity index (χ1v) is 7.17. The van der Waals surface area contributed by atoms with E-state index in [9.17, 15) is 25.0 Å². The molecule has 0 saturated carbocycles. The number of hydrogen-bond donors (Lipinski definition) is 0. The van der Waals surface area contributed by atoms with Crippen LogP contribution >= 0.6 is 0 Å². The number of esters is 1. The quantitative estimate of drug-likeness (QED) is 0.428. The van der Waals surface area contributed by atoms with E-state index in [2.05, 4.69) is 4.74 Å². The predicted molar refractivity (Wildman–Crippen MR) is 86.6 cm³/mol. The second-order valence-corrected chi connectivity index (χ2v) is 4.98. The molecule has 0 amide bonds. The molecule has 0 spiro atoms. The summed E-state index contributed by atoms with van der Waals surface area (Å²) in [5.41, 5.74) is 0.129. The smallest absolute Gasteiger partial charge is 0.305 e. The maximum atomic E-state index is 11.3. The van der Waals surface area contributed by atoms with Gasteiger partial charge in [-0.3, -0.25) is 25.0 Å². The van der Waals surface area contributed by atoms with Gasteiger partial charge in [0, 0.05) is 30.2 Å². The number of carbonyl (C=O) groups is 1. The monoisotopic (exact) mass is 346 g/mol. The van der Waals surface area contributed by atoms with Gasteiger partial charge in [-0.1, -0.05) is 0 Å². The highest BCUT2D eigenvalue weighted by atomic mass is 16.6. The number of aryl methyl sites for hydroxylation is 1. The van der Waals surface area contributed by atoms with E-state index in [1.807, 2.05) is 0 Å². The zero-order valence-corrected chi connectivity index (χ0v) is 13.2. The summed E-state index contributed by atoms with van der Waals surface area (Å²) in [7, 11) is 1.24. The van der Waals surface area contributed by atoms with Crippen LogP contribution in [0.4, 0.5) is 11.4 Å². The van der Waals surface area contributed by atoms with Crippen LogP contribution in [0, 0.1) is 20.2 Å². The standard InChI is InChI=1S/C16H14N2O7/c1-24-16(19)9-2-11-10-14(7-8-15(11)18(22)23)25-13-5-3-12(4-6-13)17(20)21/h3-8,10H,2,9H2,1H3. The Hall–Kier alpha value is -3.49. The third kappa shape index (κ3) is 4.74. The van der Waals surface area contributed by atoms with Crippen molar-refractivity contribution >= 4 is 17.3 Å². The number of non-ortho nitro benzene ring substituents is 1. The lowest BCUT2D eigenvalue weighted by Crippen LogP contribution is -2.04. The average Bonchev–Trinajstić information content (AvgIpc) is 2.60. The Morgan fingerprint density at radius 2 is 1.64 bits per heavy atom. The number of hydrogen-bond acceptors (Lipinski definition) is 7. The number of nitro benzene ring substituents is 2. The number of nitrogens with zero attached hydrogens (tertiary/aromatic N) is 2. The summed E-state index contributed by atoms with van der Waals surface area (Å²) in [6.07, 6.45) is 0.124. The fourth-order valence-electron chi connectivity index (χ4n) is 2.11. The maximum absolute atomic E-state index is 11.3. The maximum Gasteiger partial charge on any atom is 0.305 e. The van der Waals surface area contributed by atoms with Crippen LogP contribution < -0.4 is 4.74 Å². The molecule has 2 aromatic carbocycles. The van der Waals surface area contributed by atoms with Gasteiger partial charge in [0.05, 0.1) is 17.0 Å². The Morgan fingerprint density at radius 1 is 1.00 bits per heavy atom. The van der Waals surface area contributed by atoms with E-state index in [-0.39, 0.29) is 24.2 Å². The van der Waals surface area contributed by atoms with Crippen molar-refractivity contribution in [3.63, 3.8) is 0 Å². The van der Waals surface area contributed by atoms with Gasteiger partial charge in [0.2, 0.25) is 0 Å². The van der Waals surface area contributed by atoms with E-state index in [4.69, 9.17) is 4.74 Å². The lowest BCUT2D eigenvalue weighted by Gasteiger charge is -2.08. The molecular weight excluding hydrogens is 332 g/mol. The minimum absolute atomic E-state index is 0.00166. The van der Waals surface area contributed by atoms with Crippen LogP contribution in [0.3, 0.4) is 0 Å². The lowest BCUT2D eigenvalue weighted by atomic mass is 10.1. The molecule has 0 aliphatic rings. The summed E-state index contributed by atoms with van der Waals surface area (Å²) in [6, 6.07) is 9.59. The third-order valence-corrected chi connectivity index (χ3v) is 3.36. The van der Waals surface area contributed by atoms with Gasteiger partial charge < -0.3 is 9.47 Å². The molecule has 0 heterocycles. The summed E-state index contributed by atoms with van der Waals surface area (Å²) in [5.74, 6) is 0.189. The van der Waals surface area contributed by atoms with Crippen molar-refractivity contribution in [3.05, 3.63) is 68.3 Å². The normalized spacial score (nSPS) is 10.1. The summed E-state index contributed by atoms with van der Waals surface area (Å²) >= 11 is 0. The molecular formula is C16H14N2O7. The number of carbonyl (C=O) groups excluding carboxylic acids is 1. The molecule has 0 N–H and O–H groups in total. The molecule has 0 radical (unpaired) electrons. The molecule has 0 saturated heterocycles. The molecule has 130 valence electrons. The van der Waals surface area contributed by atoms with Crippen LogP contribution in [0.15, 0.2) is 42.5 Å². The summed E-state index contributed by atoms with van der Waals surface area (Å²) < 4.78 is 10.1. The Labute approximate surface area is 142 Å². The molecule has 0 aliphatic carbocycles. The van der Waals surface area contributed by atoms with Gasteiger partial charge in [-0.05, 0) is 30.7 Å². The molecule has 0 aromatic heterocycles. The first-order chi connectivity index (χ1) is 11.9. The third-order valence-electron chi connectivity index (χ3n) is 3.36. The Kier molecular flexibility index (Phi) is 5.62. The van der Waals surface area contributed by atoms with Crippen molar-refractivity contribution in [2.75, 3.05) is 7.11 Å². The van der Waals surface area contributed by atoms with E-state index >= 15 is 0 Å². The fraction of sp³-hybridized carbons (Fsp3) is 0.188. The Bertz CT molecular complexity index is 803. The van der Waals surface area contributed by atoms with Crippen molar-refractivity contribution in [2.45, 2.75) is 12.8 Å². The second kappa shape index (κ2) is 7.86. The van der Waals surface area contributed by atoms with Crippen LogP contribution in [0.25, 0.3) is 0 Å². The van der Waals surface area contributed by atoms with E-state index < -0.39 is 15.8 Å². The van der Waals surface area contributed by atoms with Crippen molar-refractivity contribution in [1.82, 2.24) is 0 Å². The zero-order valence-electron chi connectivity index (χ0n) is 13.2. The minimum Gasteiger partial charge on any atom is -0.469 e. The highest BCUT2D eigenvalue weighted by Gasteiger charge is 2.16. The first-order valence-electron chi connectivity index (χ1n) is 7.17. The van der Waals surface area contributed by atoms with Gasteiger partial charge in [0.15, 0.2) is 0 Å². The van der Waals surface area contributed by atoms with Crippen molar-refractivity contribution < 1.29 is 24.1 Å². The first kappa shape index (κ1) is 17.9. The summed E-state index contributed by atoms with van der Waals surface area (Å²) in [5, 5.41) is 21.7.